The molecule has 0 atom stereocenters. The predicted octanol–water partition coefficient (Wildman–Crippen LogP) is 4.13. The van der Waals surface area contributed by atoms with Gasteiger partial charge < -0.3 is 15.5 Å². The van der Waals surface area contributed by atoms with Gasteiger partial charge in [-0.3, -0.25) is 9.79 Å². The van der Waals surface area contributed by atoms with Crippen LogP contribution in [0.15, 0.2) is 34.6 Å². The first kappa shape index (κ1) is 26.1. The number of carbonyl (C=O) groups excluding carboxylic acids is 1. The van der Waals surface area contributed by atoms with Crippen LogP contribution in [0.5, 0.6) is 0 Å². The molecular weight excluding hydrogens is 530 g/mol. The average Bonchev–Trinajstić information content (AvgIpc) is 3.19. The van der Waals surface area contributed by atoms with Crippen molar-refractivity contribution in [2.45, 2.75) is 33.1 Å². The summed E-state index contributed by atoms with van der Waals surface area (Å²) in [5.74, 6) is 0.436. The SMILES string of the molecule is CCN(CC)C(=O)c1ccc(CNC(=NC)NCc2nc(C(F)(F)F)cs2)cc1.I. The Morgan fingerprint density at radius 1 is 1.13 bits per heavy atom. The molecule has 0 fully saturated rings. The zero-order valence-electron chi connectivity index (χ0n) is 16.9. The van der Waals surface area contributed by atoms with Crippen LogP contribution >= 0.6 is 35.3 Å². The van der Waals surface area contributed by atoms with Crippen LogP contribution in [0.25, 0.3) is 0 Å². The molecule has 2 rings (SSSR count). The van der Waals surface area contributed by atoms with E-state index in [2.05, 4.69) is 20.6 Å². The first-order valence-electron chi connectivity index (χ1n) is 9.12. The van der Waals surface area contributed by atoms with E-state index in [9.17, 15) is 18.0 Å². The van der Waals surface area contributed by atoms with E-state index < -0.39 is 11.9 Å². The second-order valence-corrected chi connectivity index (χ2v) is 7.02. The average molecular weight is 555 g/mol. The molecular formula is C19H25F3IN5OS. The van der Waals surface area contributed by atoms with Gasteiger partial charge in [0, 0.05) is 37.6 Å². The largest absolute Gasteiger partial charge is 0.434 e. The van der Waals surface area contributed by atoms with Crippen molar-refractivity contribution in [3.8, 4) is 0 Å². The number of guanidine groups is 1. The van der Waals surface area contributed by atoms with Gasteiger partial charge in [0.2, 0.25) is 0 Å². The Hall–Kier alpha value is -1.89. The third-order valence-electron chi connectivity index (χ3n) is 4.18. The van der Waals surface area contributed by atoms with E-state index in [4.69, 9.17) is 0 Å². The lowest BCUT2D eigenvalue weighted by molar-refractivity contribution is -0.140. The Bertz CT molecular complexity index is 835. The molecule has 6 nitrogen and oxygen atoms in total. The number of aromatic nitrogens is 1. The summed E-state index contributed by atoms with van der Waals surface area (Å²) in [7, 11) is 1.57. The van der Waals surface area contributed by atoms with Crippen molar-refractivity contribution >= 4 is 47.2 Å². The number of aliphatic imine (C=N–C) groups is 1. The van der Waals surface area contributed by atoms with Crippen LogP contribution in [-0.4, -0.2) is 41.9 Å². The number of alkyl halides is 3. The molecule has 0 aliphatic rings. The fraction of sp³-hybridized carbons (Fsp3) is 0.421. The molecule has 0 saturated heterocycles. The third-order valence-corrected chi connectivity index (χ3v) is 5.03. The fourth-order valence-corrected chi connectivity index (χ4v) is 3.29. The molecule has 2 aromatic rings. The molecule has 1 aromatic carbocycles. The van der Waals surface area contributed by atoms with Crippen molar-refractivity contribution in [1.82, 2.24) is 20.5 Å². The number of hydrogen-bond acceptors (Lipinski definition) is 4. The second-order valence-electron chi connectivity index (χ2n) is 6.08. The summed E-state index contributed by atoms with van der Waals surface area (Å²) in [6.07, 6.45) is -4.44. The third kappa shape index (κ3) is 7.42. The van der Waals surface area contributed by atoms with E-state index in [0.717, 1.165) is 22.3 Å². The minimum atomic E-state index is -4.44. The topological polar surface area (TPSA) is 69.6 Å². The Labute approximate surface area is 195 Å². The van der Waals surface area contributed by atoms with E-state index in [0.29, 0.717) is 36.2 Å². The predicted molar refractivity (Wildman–Crippen MR) is 123 cm³/mol. The van der Waals surface area contributed by atoms with Crippen LogP contribution in [0, 0.1) is 0 Å². The van der Waals surface area contributed by atoms with Crippen LogP contribution in [0.3, 0.4) is 0 Å². The summed E-state index contributed by atoms with van der Waals surface area (Å²) in [5.41, 5.74) is 0.684. The molecule has 1 amide bonds. The molecule has 1 heterocycles. The Kier molecular flexibility index (Phi) is 10.5. The highest BCUT2D eigenvalue weighted by Crippen LogP contribution is 2.29. The molecule has 1 aromatic heterocycles. The number of halogens is 4. The number of hydrogen-bond donors (Lipinski definition) is 2. The zero-order chi connectivity index (χ0) is 21.4. The molecule has 30 heavy (non-hydrogen) atoms. The minimum Gasteiger partial charge on any atom is -0.352 e. The van der Waals surface area contributed by atoms with Gasteiger partial charge in [0.15, 0.2) is 11.7 Å². The van der Waals surface area contributed by atoms with Gasteiger partial charge in [0.1, 0.15) is 5.01 Å². The normalized spacial score (nSPS) is 11.6. The van der Waals surface area contributed by atoms with Crippen molar-refractivity contribution in [2.24, 2.45) is 4.99 Å². The van der Waals surface area contributed by atoms with Crippen molar-refractivity contribution in [3.05, 3.63) is 51.5 Å². The highest BCUT2D eigenvalue weighted by atomic mass is 127. The minimum absolute atomic E-state index is 0. The van der Waals surface area contributed by atoms with Gasteiger partial charge in [-0.1, -0.05) is 12.1 Å². The summed E-state index contributed by atoms with van der Waals surface area (Å²) in [4.78, 5) is 21.7. The molecule has 0 radical (unpaired) electrons. The Morgan fingerprint density at radius 2 is 1.73 bits per heavy atom. The molecule has 0 saturated carbocycles. The summed E-state index contributed by atoms with van der Waals surface area (Å²) in [6, 6.07) is 7.27. The molecule has 0 aliphatic carbocycles. The smallest absolute Gasteiger partial charge is 0.352 e. The number of nitrogens with one attached hydrogen (secondary N) is 2. The highest BCUT2D eigenvalue weighted by molar-refractivity contribution is 14.0. The van der Waals surface area contributed by atoms with Gasteiger partial charge in [-0.25, -0.2) is 4.98 Å². The van der Waals surface area contributed by atoms with Crippen LogP contribution < -0.4 is 10.6 Å². The standard InChI is InChI=1S/C19H24F3N5OS.HI/c1-4-27(5-2)17(28)14-8-6-13(7-9-14)10-24-18(23-3)25-11-16-26-15(12-29-16)19(20,21)22;/h6-9,12H,4-5,10-11H2,1-3H3,(H2,23,24,25);1H. The first-order chi connectivity index (χ1) is 13.8. The quantitative estimate of drug-likeness (QED) is 0.307. The van der Waals surface area contributed by atoms with E-state index in [1.807, 2.05) is 26.0 Å². The molecule has 0 bridgehead atoms. The number of rotatable bonds is 7. The number of amides is 1. The Balaban J connectivity index is 0.00000450. The van der Waals surface area contributed by atoms with Crippen molar-refractivity contribution < 1.29 is 18.0 Å². The van der Waals surface area contributed by atoms with Gasteiger partial charge in [0.05, 0.1) is 6.54 Å². The lowest BCUT2D eigenvalue weighted by Gasteiger charge is -2.18. The van der Waals surface area contributed by atoms with Crippen molar-refractivity contribution in [2.75, 3.05) is 20.1 Å². The summed E-state index contributed by atoms with van der Waals surface area (Å²) in [5, 5.41) is 7.34. The molecule has 11 heteroatoms. The molecule has 0 unspecified atom stereocenters. The van der Waals surface area contributed by atoms with Gasteiger partial charge in [0.25, 0.3) is 5.91 Å². The summed E-state index contributed by atoms with van der Waals surface area (Å²) in [6.45, 7) is 5.78. The maximum atomic E-state index is 12.6. The lowest BCUT2D eigenvalue weighted by Crippen LogP contribution is -2.36. The zero-order valence-corrected chi connectivity index (χ0v) is 20.1. The number of benzene rings is 1. The van der Waals surface area contributed by atoms with Gasteiger partial charge in [-0.05, 0) is 31.5 Å². The second kappa shape index (κ2) is 12.1. The van der Waals surface area contributed by atoms with Crippen LogP contribution in [0.2, 0.25) is 0 Å². The monoisotopic (exact) mass is 555 g/mol. The van der Waals surface area contributed by atoms with Crippen LogP contribution in [0.4, 0.5) is 13.2 Å². The number of carbonyl (C=O) groups is 1. The van der Waals surface area contributed by atoms with Crippen LogP contribution in [0.1, 0.15) is 40.5 Å². The molecule has 2 N–H and O–H groups in total. The maximum Gasteiger partial charge on any atom is 0.434 e. The molecule has 0 aliphatic heterocycles. The van der Waals surface area contributed by atoms with Gasteiger partial charge >= 0.3 is 6.18 Å². The van der Waals surface area contributed by atoms with Crippen molar-refractivity contribution in [1.29, 1.82) is 0 Å². The maximum absolute atomic E-state index is 12.6. The summed E-state index contributed by atoms with van der Waals surface area (Å²) >= 11 is 0.941. The van der Waals surface area contributed by atoms with Crippen molar-refractivity contribution in [3.63, 3.8) is 0 Å². The lowest BCUT2D eigenvalue weighted by atomic mass is 10.1. The van der Waals surface area contributed by atoms with Gasteiger partial charge in [-0.15, -0.1) is 35.3 Å². The number of thiazole rings is 1. The fourth-order valence-electron chi connectivity index (χ4n) is 2.55. The van der Waals surface area contributed by atoms with E-state index in [-0.39, 0.29) is 36.4 Å². The molecule has 0 spiro atoms. The molecule has 166 valence electrons. The van der Waals surface area contributed by atoms with E-state index in [1.165, 1.54) is 0 Å². The highest BCUT2D eigenvalue weighted by Gasteiger charge is 2.33. The first-order valence-corrected chi connectivity index (χ1v) is 10.0. The number of nitrogens with zero attached hydrogens (tertiary/aromatic N) is 3. The van der Waals surface area contributed by atoms with Crippen LogP contribution in [-0.2, 0) is 19.3 Å². The summed E-state index contributed by atoms with van der Waals surface area (Å²) < 4.78 is 37.8. The Morgan fingerprint density at radius 3 is 2.23 bits per heavy atom. The van der Waals surface area contributed by atoms with E-state index in [1.54, 1.807) is 24.1 Å². The van der Waals surface area contributed by atoms with Gasteiger partial charge in [-0.2, -0.15) is 13.2 Å². The van der Waals surface area contributed by atoms with E-state index >= 15 is 0 Å².